The molecule has 0 aliphatic carbocycles. The summed E-state index contributed by atoms with van der Waals surface area (Å²) in [6.45, 7) is 3.42. The van der Waals surface area contributed by atoms with Crippen molar-refractivity contribution in [2.45, 2.75) is 166 Å². The van der Waals surface area contributed by atoms with Crippen molar-refractivity contribution in [2.24, 2.45) is 0 Å². The first-order valence-electron chi connectivity index (χ1n) is 23.7. The molecule has 1 rings (SSSR count). The lowest BCUT2D eigenvalue weighted by Gasteiger charge is -2.40. The number of aliphatic hydroxyl groups excluding tert-OH is 3. The molecule has 66 heavy (non-hydrogen) atoms. The Labute approximate surface area is 396 Å². The highest BCUT2D eigenvalue weighted by Crippen LogP contribution is 2.24. The molecule has 0 amide bonds. The van der Waals surface area contributed by atoms with Crippen molar-refractivity contribution >= 4 is 22.1 Å². The van der Waals surface area contributed by atoms with Crippen molar-refractivity contribution < 1.29 is 56.8 Å². The number of unbranched alkanes of at least 4 members (excludes halogenated alkanes) is 3. The van der Waals surface area contributed by atoms with E-state index in [9.17, 15) is 37.9 Å². The van der Waals surface area contributed by atoms with Gasteiger partial charge in [-0.1, -0.05) is 154 Å². The fraction of sp³-hybridized carbons (Fsp3) is 0.547. The van der Waals surface area contributed by atoms with Gasteiger partial charge in [-0.2, -0.15) is 8.42 Å². The molecule has 1 saturated heterocycles. The van der Waals surface area contributed by atoms with Gasteiger partial charge in [0.2, 0.25) is 0 Å². The second-order valence-electron chi connectivity index (χ2n) is 15.7. The smallest absolute Gasteiger partial charge is 0.306 e. The number of rotatable bonds is 37. The van der Waals surface area contributed by atoms with Gasteiger partial charge < -0.3 is 34.3 Å². The topological polar surface area (TPSA) is 186 Å². The lowest BCUT2D eigenvalue weighted by molar-refractivity contribution is -0.297. The minimum absolute atomic E-state index is 0.0222. The zero-order valence-electron chi connectivity index (χ0n) is 39.5. The standard InChI is InChI=1S/C53H80O12S/c1-3-5-7-9-11-13-15-17-19-21-23-25-27-29-31-33-35-37-39-41-48(54)62-43-46(44-63-53-52(58)51(57)50(56)47(65-53)45-66(59,60)61)64-49(55)42-40-38-36-34-32-30-28-26-24-22-20-18-16-14-12-10-8-6-4-2/h5-8,11-14,17-20,23-26,29-32,36,38,46-47,50-53,56-58H,3-4,9-10,15-16,21-22,27-28,33-35,37,39-45H2,1-2H3,(H,59,60,61)/b7-5-,8-6-,13-11-,14-12-,19-17-,20-18-,25-23-,26-24-,31-29-,32-30-,38-36-. The highest BCUT2D eigenvalue weighted by Gasteiger charge is 2.46. The molecule has 1 aliphatic heterocycles. The fourth-order valence-electron chi connectivity index (χ4n) is 6.14. The van der Waals surface area contributed by atoms with Gasteiger partial charge in [-0.3, -0.25) is 14.1 Å². The lowest BCUT2D eigenvalue weighted by atomic mass is 10.00. The van der Waals surface area contributed by atoms with E-state index in [-0.39, 0.29) is 19.4 Å². The maximum atomic E-state index is 12.8. The van der Waals surface area contributed by atoms with Crippen LogP contribution in [-0.4, -0.2) is 96.0 Å². The summed E-state index contributed by atoms with van der Waals surface area (Å²) in [6.07, 6.45) is 50.7. The van der Waals surface area contributed by atoms with Crippen LogP contribution in [0, 0.1) is 0 Å². The van der Waals surface area contributed by atoms with Crippen LogP contribution < -0.4 is 0 Å². The van der Waals surface area contributed by atoms with E-state index in [1.807, 2.05) is 18.2 Å². The number of hydrogen-bond donors (Lipinski definition) is 4. The molecule has 1 heterocycles. The molecule has 6 unspecified atom stereocenters. The first kappa shape index (κ1) is 59.8. The van der Waals surface area contributed by atoms with E-state index in [2.05, 4.69) is 129 Å². The Hall–Kier alpha value is -4.21. The Bertz CT molecular complexity index is 1720. The maximum Gasteiger partial charge on any atom is 0.306 e. The number of aliphatic hydroxyl groups is 3. The van der Waals surface area contributed by atoms with Gasteiger partial charge in [0.15, 0.2) is 12.4 Å². The molecule has 0 aromatic carbocycles. The first-order chi connectivity index (χ1) is 32.0. The van der Waals surface area contributed by atoms with Gasteiger partial charge in [0.25, 0.3) is 10.1 Å². The van der Waals surface area contributed by atoms with Crippen molar-refractivity contribution in [2.75, 3.05) is 19.0 Å². The molecule has 1 fully saturated rings. The highest BCUT2D eigenvalue weighted by atomic mass is 32.2. The Kier molecular flexibility index (Phi) is 37.2. The average Bonchev–Trinajstić information content (AvgIpc) is 3.28. The van der Waals surface area contributed by atoms with Gasteiger partial charge in [-0.15, -0.1) is 0 Å². The molecule has 4 N–H and O–H groups in total. The fourth-order valence-corrected chi connectivity index (χ4v) is 6.83. The van der Waals surface area contributed by atoms with Crippen LogP contribution in [-0.2, 0) is 38.7 Å². The molecule has 0 saturated carbocycles. The summed E-state index contributed by atoms with van der Waals surface area (Å²) >= 11 is 0. The summed E-state index contributed by atoms with van der Waals surface area (Å²) in [7, 11) is -4.63. The molecular weight excluding hydrogens is 861 g/mol. The lowest BCUT2D eigenvalue weighted by Crippen LogP contribution is -2.60. The van der Waals surface area contributed by atoms with E-state index >= 15 is 0 Å². The van der Waals surface area contributed by atoms with Gasteiger partial charge >= 0.3 is 11.9 Å². The molecule has 0 aromatic heterocycles. The quantitative estimate of drug-likeness (QED) is 0.0200. The number of carbonyl (C=O) groups excluding carboxylic acids is 2. The van der Waals surface area contributed by atoms with Crippen molar-refractivity contribution in [3.63, 3.8) is 0 Å². The Morgan fingerprint density at radius 1 is 0.515 bits per heavy atom. The van der Waals surface area contributed by atoms with Crippen LogP contribution in [0.4, 0.5) is 0 Å². The van der Waals surface area contributed by atoms with Crippen molar-refractivity contribution in [3.8, 4) is 0 Å². The van der Waals surface area contributed by atoms with E-state index < -0.39 is 71.2 Å². The predicted octanol–water partition coefficient (Wildman–Crippen LogP) is 10.3. The largest absolute Gasteiger partial charge is 0.462 e. The van der Waals surface area contributed by atoms with Gasteiger partial charge in [-0.05, 0) is 96.3 Å². The zero-order valence-corrected chi connectivity index (χ0v) is 40.3. The van der Waals surface area contributed by atoms with Crippen LogP contribution in [0.1, 0.15) is 129 Å². The third kappa shape index (κ3) is 35.0. The highest BCUT2D eigenvalue weighted by molar-refractivity contribution is 7.85. The van der Waals surface area contributed by atoms with Crippen molar-refractivity contribution in [3.05, 3.63) is 134 Å². The van der Waals surface area contributed by atoms with Gasteiger partial charge in [0.05, 0.1) is 6.61 Å². The van der Waals surface area contributed by atoms with E-state index in [4.69, 9.17) is 18.9 Å². The SMILES string of the molecule is CC/C=C\C/C=C\C/C=C\C/C=C\C/C=C\C/C=C\CCC(=O)OC(COC(=O)CCCCC/C=C\C/C=C\C/C=C\C/C=C\C/C=C\CC)COC1OC(CS(=O)(=O)O)C(O)C(O)C1O. The molecule has 6 atom stereocenters. The molecule has 13 heteroatoms. The van der Waals surface area contributed by atoms with Crippen molar-refractivity contribution in [1.29, 1.82) is 0 Å². The van der Waals surface area contributed by atoms with Gasteiger partial charge in [0.1, 0.15) is 36.8 Å². The molecule has 1 aliphatic rings. The number of carbonyl (C=O) groups is 2. The summed E-state index contributed by atoms with van der Waals surface area (Å²) in [5.74, 6) is -2.16. The minimum Gasteiger partial charge on any atom is -0.462 e. The number of esters is 2. The minimum atomic E-state index is -4.63. The van der Waals surface area contributed by atoms with Crippen LogP contribution in [0.15, 0.2) is 134 Å². The number of hydrogen-bond acceptors (Lipinski definition) is 11. The molecular formula is C53H80O12S. The van der Waals surface area contributed by atoms with E-state index in [0.29, 0.717) is 19.3 Å². The number of ether oxygens (including phenoxy) is 4. The Morgan fingerprint density at radius 3 is 1.38 bits per heavy atom. The van der Waals surface area contributed by atoms with Crippen LogP contribution in [0.3, 0.4) is 0 Å². The molecule has 0 bridgehead atoms. The molecule has 0 aromatic rings. The molecule has 0 spiro atoms. The average molecular weight is 941 g/mol. The van der Waals surface area contributed by atoms with Crippen LogP contribution in [0.25, 0.3) is 0 Å². The number of allylic oxidation sites excluding steroid dienone is 22. The first-order valence-corrected chi connectivity index (χ1v) is 25.4. The van der Waals surface area contributed by atoms with Crippen LogP contribution in [0.2, 0.25) is 0 Å². The maximum absolute atomic E-state index is 12.8. The van der Waals surface area contributed by atoms with Crippen molar-refractivity contribution in [1.82, 2.24) is 0 Å². The predicted molar refractivity (Wildman–Crippen MR) is 265 cm³/mol. The Morgan fingerprint density at radius 2 is 0.939 bits per heavy atom. The molecule has 0 radical (unpaired) electrons. The van der Waals surface area contributed by atoms with E-state index in [1.165, 1.54) is 0 Å². The van der Waals surface area contributed by atoms with Gasteiger partial charge in [-0.25, -0.2) is 0 Å². The second-order valence-corrected chi connectivity index (χ2v) is 17.1. The van der Waals surface area contributed by atoms with E-state index in [0.717, 1.165) is 83.5 Å². The molecule has 370 valence electrons. The summed E-state index contributed by atoms with van der Waals surface area (Å²) in [4.78, 5) is 25.4. The second kappa shape index (κ2) is 41.0. The van der Waals surface area contributed by atoms with Crippen LogP contribution in [0.5, 0.6) is 0 Å². The summed E-state index contributed by atoms with van der Waals surface area (Å²) in [6, 6.07) is 0. The monoisotopic (exact) mass is 941 g/mol. The third-order valence-corrected chi connectivity index (χ3v) is 10.5. The normalized spacial score (nSPS) is 20.6. The summed E-state index contributed by atoms with van der Waals surface area (Å²) in [5.41, 5.74) is 0. The van der Waals surface area contributed by atoms with E-state index in [1.54, 1.807) is 0 Å². The van der Waals surface area contributed by atoms with Gasteiger partial charge in [0, 0.05) is 12.8 Å². The third-order valence-electron chi connectivity index (χ3n) is 9.74. The zero-order chi connectivity index (χ0) is 48.4. The summed E-state index contributed by atoms with van der Waals surface area (Å²) in [5, 5.41) is 30.9. The Balaban J connectivity index is 2.52. The molecule has 12 nitrogen and oxygen atoms in total. The van der Waals surface area contributed by atoms with Crippen LogP contribution >= 0.6 is 0 Å². The summed E-state index contributed by atoms with van der Waals surface area (Å²) < 4.78 is 54.0.